The molecule has 0 bridgehead atoms. The molecule has 2 atom stereocenters. The van der Waals surface area contributed by atoms with Crippen LogP contribution in [0.5, 0.6) is 0 Å². The van der Waals surface area contributed by atoms with Crippen LogP contribution in [-0.2, 0) is 4.74 Å². The van der Waals surface area contributed by atoms with E-state index in [9.17, 15) is 4.79 Å². The summed E-state index contributed by atoms with van der Waals surface area (Å²) in [4.78, 5) is 13.1. The molecule has 1 fully saturated rings. The molecule has 1 aliphatic rings. The molecule has 1 aliphatic heterocycles. The van der Waals surface area contributed by atoms with E-state index < -0.39 is 0 Å². The molecule has 5 heteroatoms. The zero-order valence-corrected chi connectivity index (χ0v) is 12.0. The second-order valence-electron chi connectivity index (χ2n) is 4.84. The quantitative estimate of drug-likeness (QED) is 0.803. The maximum atomic E-state index is 12.2. The molecule has 2 rings (SSSR count). The van der Waals surface area contributed by atoms with Crippen LogP contribution in [0.15, 0.2) is 11.4 Å². The predicted octanol–water partition coefficient (Wildman–Crippen LogP) is 1.36. The molecule has 19 heavy (non-hydrogen) atoms. The number of rotatable bonds is 2. The summed E-state index contributed by atoms with van der Waals surface area (Å²) in [5, 5.41) is 4.88. The van der Waals surface area contributed by atoms with E-state index in [-0.39, 0.29) is 17.6 Å². The zero-order valence-electron chi connectivity index (χ0n) is 11.2. The van der Waals surface area contributed by atoms with Crippen LogP contribution < -0.4 is 11.1 Å². The van der Waals surface area contributed by atoms with Crippen LogP contribution >= 0.6 is 11.3 Å². The summed E-state index contributed by atoms with van der Waals surface area (Å²) in [6.07, 6.45) is 0.871. The first-order valence-electron chi connectivity index (χ1n) is 6.27. The second kappa shape index (κ2) is 5.74. The van der Waals surface area contributed by atoms with E-state index in [0.29, 0.717) is 18.7 Å². The smallest absolute Gasteiger partial charge is 0.252 e. The summed E-state index contributed by atoms with van der Waals surface area (Å²) in [6.45, 7) is 5.02. The van der Waals surface area contributed by atoms with Gasteiger partial charge in [0.1, 0.15) is 0 Å². The molecule has 0 aliphatic carbocycles. The molecule has 0 saturated carbocycles. The van der Waals surface area contributed by atoms with E-state index in [1.807, 2.05) is 19.2 Å². The number of carbonyl (C=O) groups is 1. The first-order chi connectivity index (χ1) is 9.05. The van der Waals surface area contributed by atoms with Crippen LogP contribution in [-0.4, -0.2) is 30.7 Å². The Morgan fingerprint density at radius 3 is 3.16 bits per heavy atom. The maximum absolute atomic E-state index is 12.2. The van der Waals surface area contributed by atoms with E-state index in [4.69, 9.17) is 10.5 Å². The second-order valence-corrected chi connectivity index (χ2v) is 5.75. The zero-order chi connectivity index (χ0) is 13.9. The van der Waals surface area contributed by atoms with Crippen LogP contribution in [0.3, 0.4) is 0 Å². The van der Waals surface area contributed by atoms with E-state index in [1.54, 1.807) is 6.07 Å². The van der Waals surface area contributed by atoms with Gasteiger partial charge in [-0.1, -0.05) is 11.8 Å². The van der Waals surface area contributed by atoms with Crippen molar-refractivity contribution in [1.82, 2.24) is 5.32 Å². The molecule has 0 radical (unpaired) electrons. The summed E-state index contributed by atoms with van der Waals surface area (Å²) >= 11 is 1.45. The average Bonchev–Trinajstić information content (AvgIpc) is 2.95. The summed E-state index contributed by atoms with van der Waals surface area (Å²) < 4.78 is 5.52. The fraction of sp³-hybridized carbons (Fsp3) is 0.500. The van der Waals surface area contributed by atoms with Crippen LogP contribution in [0.25, 0.3) is 0 Å². The third-order valence-electron chi connectivity index (χ3n) is 3.46. The average molecular weight is 278 g/mol. The standard InChI is InChI=1S/C14H18N2O2S/c1-10-14(2,5-7-18-10)16-13(17)11-8-12(19-9-11)4-3-6-15/h8-10H,5-7,15H2,1-2H3,(H,16,17). The van der Waals surface area contributed by atoms with Crippen molar-refractivity contribution in [1.29, 1.82) is 0 Å². The number of hydrogen-bond acceptors (Lipinski definition) is 4. The molecule has 0 aromatic carbocycles. The van der Waals surface area contributed by atoms with Gasteiger partial charge in [0, 0.05) is 12.0 Å². The van der Waals surface area contributed by atoms with Crippen molar-refractivity contribution in [2.45, 2.75) is 31.9 Å². The van der Waals surface area contributed by atoms with Gasteiger partial charge in [0.05, 0.1) is 28.6 Å². The molecule has 3 N–H and O–H groups in total. The molecular formula is C14H18N2O2S. The number of carbonyl (C=O) groups excluding carboxylic acids is 1. The van der Waals surface area contributed by atoms with E-state index >= 15 is 0 Å². The van der Waals surface area contributed by atoms with Crippen molar-refractivity contribution in [3.05, 3.63) is 21.9 Å². The molecule has 1 amide bonds. The molecule has 1 aromatic heterocycles. The number of ether oxygens (including phenoxy) is 1. The largest absolute Gasteiger partial charge is 0.376 e. The van der Waals surface area contributed by atoms with Crippen molar-refractivity contribution in [2.75, 3.05) is 13.2 Å². The predicted molar refractivity (Wildman–Crippen MR) is 76.2 cm³/mol. The van der Waals surface area contributed by atoms with Gasteiger partial charge in [-0.3, -0.25) is 4.79 Å². The molecule has 4 nitrogen and oxygen atoms in total. The fourth-order valence-corrected chi connectivity index (χ4v) is 2.74. The van der Waals surface area contributed by atoms with Crippen molar-refractivity contribution >= 4 is 17.2 Å². The van der Waals surface area contributed by atoms with Crippen LogP contribution in [0, 0.1) is 11.8 Å². The molecule has 1 aromatic rings. The highest BCUT2D eigenvalue weighted by Gasteiger charge is 2.38. The molecule has 2 unspecified atom stereocenters. The van der Waals surface area contributed by atoms with Crippen molar-refractivity contribution in [3.63, 3.8) is 0 Å². The molecular weight excluding hydrogens is 260 g/mol. The summed E-state index contributed by atoms with van der Waals surface area (Å²) in [7, 11) is 0. The summed E-state index contributed by atoms with van der Waals surface area (Å²) in [6, 6.07) is 1.80. The monoisotopic (exact) mass is 278 g/mol. The Hall–Kier alpha value is -1.35. The van der Waals surface area contributed by atoms with Gasteiger partial charge in [-0.15, -0.1) is 11.3 Å². The van der Waals surface area contributed by atoms with Crippen LogP contribution in [0.2, 0.25) is 0 Å². The third-order valence-corrected chi connectivity index (χ3v) is 4.31. The van der Waals surface area contributed by atoms with Crippen molar-refractivity contribution in [2.24, 2.45) is 5.73 Å². The Morgan fingerprint density at radius 2 is 2.53 bits per heavy atom. The maximum Gasteiger partial charge on any atom is 0.252 e. The van der Waals surface area contributed by atoms with Gasteiger partial charge in [-0.25, -0.2) is 0 Å². The molecule has 102 valence electrons. The number of amides is 1. The molecule has 1 saturated heterocycles. The Kier molecular flexibility index (Phi) is 4.25. The Balaban J connectivity index is 2.06. The fourth-order valence-electron chi connectivity index (χ4n) is 1.99. The Morgan fingerprint density at radius 1 is 1.74 bits per heavy atom. The first-order valence-corrected chi connectivity index (χ1v) is 7.15. The minimum absolute atomic E-state index is 0.0339. The number of nitrogens with two attached hydrogens (primary N) is 1. The highest BCUT2D eigenvalue weighted by molar-refractivity contribution is 7.10. The van der Waals surface area contributed by atoms with E-state index in [1.165, 1.54) is 11.3 Å². The van der Waals surface area contributed by atoms with Gasteiger partial charge >= 0.3 is 0 Å². The molecule has 2 heterocycles. The lowest BCUT2D eigenvalue weighted by molar-refractivity contribution is 0.0728. The summed E-state index contributed by atoms with van der Waals surface area (Å²) in [5.74, 6) is 5.64. The third kappa shape index (κ3) is 3.16. The van der Waals surface area contributed by atoms with Crippen molar-refractivity contribution in [3.8, 4) is 11.8 Å². The minimum atomic E-state index is -0.290. The number of nitrogens with one attached hydrogen (secondary N) is 1. The lowest BCUT2D eigenvalue weighted by Gasteiger charge is -2.28. The van der Waals surface area contributed by atoms with Gasteiger partial charge in [-0.05, 0) is 26.3 Å². The van der Waals surface area contributed by atoms with E-state index in [2.05, 4.69) is 17.2 Å². The lowest BCUT2D eigenvalue weighted by Crippen LogP contribution is -2.50. The van der Waals surface area contributed by atoms with Crippen LogP contribution in [0.4, 0.5) is 0 Å². The van der Waals surface area contributed by atoms with E-state index in [0.717, 1.165) is 11.3 Å². The van der Waals surface area contributed by atoms with Crippen LogP contribution in [0.1, 0.15) is 35.5 Å². The van der Waals surface area contributed by atoms with Crippen molar-refractivity contribution < 1.29 is 9.53 Å². The number of thiophene rings is 1. The lowest BCUT2D eigenvalue weighted by atomic mass is 9.94. The topological polar surface area (TPSA) is 64.3 Å². The first kappa shape index (κ1) is 14.1. The Bertz CT molecular complexity index is 529. The Labute approximate surface area is 117 Å². The molecule has 0 spiro atoms. The van der Waals surface area contributed by atoms with Gasteiger partial charge in [0.15, 0.2) is 0 Å². The van der Waals surface area contributed by atoms with Gasteiger partial charge in [-0.2, -0.15) is 0 Å². The minimum Gasteiger partial charge on any atom is -0.376 e. The SMILES string of the molecule is CC1OCCC1(C)NC(=O)c1csc(C#CCN)c1. The normalized spacial score (nSPS) is 25.7. The number of hydrogen-bond donors (Lipinski definition) is 2. The summed E-state index contributed by atoms with van der Waals surface area (Å²) in [5.41, 5.74) is 5.68. The van der Waals surface area contributed by atoms with Gasteiger partial charge in [0.2, 0.25) is 0 Å². The highest BCUT2D eigenvalue weighted by Crippen LogP contribution is 2.26. The van der Waals surface area contributed by atoms with Gasteiger partial charge < -0.3 is 15.8 Å². The van der Waals surface area contributed by atoms with Gasteiger partial charge in [0.25, 0.3) is 5.91 Å². The highest BCUT2D eigenvalue weighted by atomic mass is 32.1.